The van der Waals surface area contributed by atoms with Gasteiger partial charge in [-0.1, -0.05) is 25.4 Å². The summed E-state index contributed by atoms with van der Waals surface area (Å²) in [6.45, 7) is 7.06. The molecule has 0 aliphatic carbocycles. The first kappa shape index (κ1) is 12.0. The molecule has 2 heterocycles. The number of halogens is 1. The van der Waals surface area contributed by atoms with E-state index < -0.39 is 0 Å². The Morgan fingerprint density at radius 3 is 2.76 bits per heavy atom. The third-order valence-corrected chi connectivity index (χ3v) is 2.78. The third-order valence-electron chi connectivity index (χ3n) is 2.59. The molecule has 0 saturated carbocycles. The average molecular weight is 251 g/mol. The lowest BCUT2D eigenvalue weighted by Gasteiger charge is -2.08. The highest BCUT2D eigenvalue weighted by molar-refractivity contribution is 6.29. The summed E-state index contributed by atoms with van der Waals surface area (Å²) in [7, 11) is 0. The molecule has 17 heavy (non-hydrogen) atoms. The largest absolute Gasteiger partial charge is 0.328 e. The number of imidazole rings is 1. The van der Waals surface area contributed by atoms with Crippen LogP contribution in [0.4, 0.5) is 0 Å². The van der Waals surface area contributed by atoms with E-state index in [1.54, 1.807) is 12.5 Å². The van der Waals surface area contributed by atoms with Crippen molar-refractivity contribution in [3.05, 3.63) is 29.4 Å². The second-order valence-corrected chi connectivity index (χ2v) is 4.55. The van der Waals surface area contributed by atoms with Gasteiger partial charge in [-0.3, -0.25) is 0 Å². The fourth-order valence-corrected chi connectivity index (χ4v) is 1.80. The summed E-state index contributed by atoms with van der Waals surface area (Å²) in [6.07, 6.45) is 3.54. The van der Waals surface area contributed by atoms with Gasteiger partial charge >= 0.3 is 0 Å². The van der Waals surface area contributed by atoms with Crippen LogP contribution in [-0.2, 0) is 6.54 Å². The maximum Gasteiger partial charge on any atom is 0.179 e. The summed E-state index contributed by atoms with van der Waals surface area (Å²) in [5.74, 6) is 0.966. The first-order chi connectivity index (χ1) is 8.11. The number of aryl methyl sites for hydroxylation is 1. The molecule has 0 unspecified atom stereocenters. The summed E-state index contributed by atoms with van der Waals surface area (Å²) in [5.41, 5.74) is 1.85. The smallest absolute Gasteiger partial charge is 0.179 e. The molecule has 0 N–H and O–H groups in total. The van der Waals surface area contributed by atoms with Crippen molar-refractivity contribution < 1.29 is 0 Å². The Morgan fingerprint density at radius 1 is 1.35 bits per heavy atom. The van der Waals surface area contributed by atoms with Crippen molar-refractivity contribution in [2.75, 3.05) is 0 Å². The Hall–Kier alpha value is -1.42. The monoisotopic (exact) mass is 250 g/mol. The zero-order valence-corrected chi connectivity index (χ0v) is 10.9. The topological polar surface area (TPSA) is 43.6 Å². The Balaban J connectivity index is 2.52. The second-order valence-electron chi connectivity index (χ2n) is 4.16. The number of rotatable bonds is 3. The molecule has 5 heteroatoms. The van der Waals surface area contributed by atoms with E-state index in [-0.39, 0.29) is 0 Å². The van der Waals surface area contributed by atoms with E-state index in [4.69, 9.17) is 11.6 Å². The van der Waals surface area contributed by atoms with E-state index in [1.165, 1.54) is 0 Å². The Morgan fingerprint density at radius 2 is 2.12 bits per heavy atom. The molecule has 0 atom stereocenters. The van der Waals surface area contributed by atoms with Crippen LogP contribution < -0.4 is 0 Å². The number of hydrogen-bond donors (Lipinski definition) is 0. The van der Waals surface area contributed by atoms with Crippen LogP contribution in [0.1, 0.15) is 32.4 Å². The van der Waals surface area contributed by atoms with Crippen molar-refractivity contribution in [2.45, 2.75) is 33.2 Å². The molecule has 0 aromatic carbocycles. The van der Waals surface area contributed by atoms with E-state index in [1.807, 2.05) is 10.6 Å². The van der Waals surface area contributed by atoms with Gasteiger partial charge in [0.2, 0.25) is 0 Å². The third kappa shape index (κ3) is 2.47. The molecule has 0 saturated heterocycles. The minimum Gasteiger partial charge on any atom is -0.328 e. The van der Waals surface area contributed by atoms with Crippen molar-refractivity contribution >= 4 is 11.6 Å². The quantitative estimate of drug-likeness (QED) is 0.786. The molecule has 2 aromatic rings. The fourth-order valence-electron chi connectivity index (χ4n) is 1.60. The zero-order valence-electron chi connectivity index (χ0n) is 10.2. The van der Waals surface area contributed by atoms with Gasteiger partial charge in [0.05, 0.1) is 12.5 Å². The minimum absolute atomic E-state index is 0.326. The van der Waals surface area contributed by atoms with Crippen LogP contribution in [0.3, 0.4) is 0 Å². The molecule has 0 aliphatic heterocycles. The van der Waals surface area contributed by atoms with Gasteiger partial charge in [-0.2, -0.15) is 0 Å². The maximum absolute atomic E-state index is 6.03. The summed E-state index contributed by atoms with van der Waals surface area (Å²) in [4.78, 5) is 12.9. The van der Waals surface area contributed by atoms with E-state index in [2.05, 4.69) is 35.7 Å². The van der Waals surface area contributed by atoms with Gasteiger partial charge in [-0.25, -0.2) is 15.0 Å². The highest BCUT2D eigenvalue weighted by Crippen LogP contribution is 2.21. The Kier molecular flexibility index (Phi) is 3.43. The van der Waals surface area contributed by atoms with E-state index in [0.717, 1.165) is 17.9 Å². The minimum atomic E-state index is 0.326. The number of nitrogens with zero attached hydrogens (tertiary/aromatic N) is 4. The number of aromatic nitrogens is 4. The van der Waals surface area contributed by atoms with Crippen molar-refractivity contribution in [2.24, 2.45) is 0 Å². The molecular formula is C12H15ClN4. The standard InChI is InChI=1S/C12H15ClN4/c1-4-17-7-14-6-10(17)12-15-9(8(2)3)5-11(13)16-12/h5-8H,4H2,1-3H3. The average Bonchev–Trinajstić information content (AvgIpc) is 2.76. The molecule has 0 bridgehead atoms. The van der Waals surface area contributed by atoms with Crippen LogP contribution in [0.25, 0.3) is 11.5 Å². The molecule has 2 rings (SSSR count). The predicted octanol–water partition coefficient (Wildman–Crippen LogP) is 3.14. The van der Waals surface area contributed by atoms with Gasteiger partial charge in [0.15, 0.2) is 5.82 Å². The van der Waals surface area contributed by atoms with Crippen LogP contribution >= 0.6 is 11.6 Å². The van der Waals surface area contributed by atoms with Gasteiger partial charge in [-0.15, -0.1) is 0 Å². The van der Waals surface area contributed by atoms with Crippen LogP contribution in [0.5, 0.6) is 0 Å². The van der Waals surface area contributed by atoms with Gasteiger partial charge < -0.3 is 4.57 Å². The lowest BCUT2D eigenvalue weighted by Crippen LogP contribution is -2.02. The summed E-state index contributed by atoms with van der Waals surface area (Å²) < 4.78 is 2.00. The molecule has 0 fully saturated rings. The second kappa shape index (κ2) is 4.84. The molecular weight excluding hydrogens is 236 g/mol. The van der Waals surface area contributed by atoms with Gasteiger partial charge in [0, 0.05) is 12.2 Å². The Labute approximate surface area is 106 Å². The normalized spacial score (nSPS) is 11.1. The lowest BCUT2D eigenvalue weighted by atomic mass is 10.1. The van der Waals surface area contributed by atoms with E-state index >= 15 is 0 Å². The van der Waals surface area contributed by atoms with Crippen LogP contribution in [0.15, 0.2) is 18.6 Å². The molecule has 4 nitrogen and oxygen atoms in total. The van der Waals surface area contributed by atoms with Crippen molar-refractivity contribution in [3.8, 4) is 11.5 Å². The van der Waals surface area contributed by atoms with Crippen molar-refractivity contribution in [3.63, 3.8) is 0 Å². The highest BCUT2D eigenvalue weighted by Gasteiger charge is 2.11. The zero-order chi connectivity index (χ0) is 12.4. The first-order valence-corrected chi connectivity index (χ1v) is 6.04. The summed E-state index contributed by atoms with van der Waals surface area (Å²) in [5, 5.41) is 0.475. The van der Waals surface area contributed by atoms with Crippen LogP contribution in [-0.4, -0.2) is 19.5 Å². The van der Waals surface area contributed by atoms with Gasteiger partial charge in [-0.05, 0) is 18.9 Å². The molecule has 0 amide bonds. The van der Waals surface area contributed by atoms with Gasteiger partial charge in [0.25, 0.3) is 0 Å². The lowest BCUT2D eigenvalue weighted by molar-refractivity contribution is 0.758. The maximum atomic E-state index is 6.03. The van der Waals surface area contributed by atoms with E-state index in [9.17, 15) is 0 Å². The molecule has 0 aliphatic rings. The van der Waals surface area contributed by atoms with Gasteiger partial charge in [0.1, 0.15) is 10.8 Å². The molecule has 2 aromatic heterocycles. The van der Waals surface area contributed by atoms with Crippen LogP contribution in [0, 0.1) is 0 Å². The highest BCUT2D eigenvalue weighted by atomic mass is 35.5. The van der Waals surface area contributed by atoms with Crippen LogP contribution in [0.2, 0.25) is 5.15 Å². The summed E-state index contributed by atoms with van der Waals surface area (Å²) >= 11 is 6.03. The Bertz CT molecular complexity index is 519. The molecule has 90 valence electrons. The summed E-state index contributed by atoms with van der Waals surface area (Å²) in [6, 6.07) is 1.81. The van der Waals surface area contributed by atoms with Crippen molar-refractivity contribution in [1.29, 1.82) is 0 Å². The SMILES string of the molecule is CCn1cncc1-c1nc(Cl)cc(C(C)C)n1. The molecule has 0 radical (unpaired) electrons. The van der Waals surface area contributed by atoms with Crippen molar-refractivity contribution in [1.82, 2.24) is 19.5 Å². The fraction of sp³-hybridized carbons (Fsp3) is 0.417. The predicted molar refractivity (Wildman–Crippen MR) is 68.0 cm³/mol. The number of hydrogen-bond acceptors (Lipinski definition) is 3. The molecule has 0 spiro atoms. The first-order valence-electron chi connectivity index (χ1n) is 5.66. The van der Waals surface area contributed by atoms with E-state index in [0.29, 0.717) is 16.9 Å².